The van der Waals surface area contributed by atoms with E-state index in [1.807, 2.05) is 60.9 Å². The molecule has 1 N–H and O–H groups in total. The molecular weight excluding hydrogens is 404 g/mol. The monoisotopic (exact) mass is 430 g/mol. The summed E-state index contributed by atoms with van der Waals surface area (Å²) in [5.41, 5.74) is 4.73. The number of nitrogens with zero attached hydrogens (tertiary/aromatic N) is 1. The second-order valence-corrected chi connectivity index (χ2v) is 7.39. The van der Waals surface area contributed by atoms with Crippen LogP contribution in [0, 0.1) is 13.8 Å². The zero-order valence-electron chi connectivity index (χ0n) is 18.3. The molecule has 32 heavy (non-hydrogen) atoms. The van der Waals surface area contributed by atoms with Crippen LogP contribution in [-0.2, 0) is 16.1 Å². The van der Waals surface area contributed by atoms with Crippen LogP contribution < -0.4 is 5.32 Å². The van der Waals surface area contributed by atoms with Gasteiger partial charge in [-0.2, -0.15) is 0 Å². The number of carbonyl (C=O) groups excluding carboxylic acids is 3. The lowest BCUT2D eigenvalue weighted by atomic mass is 10.0. The van der Waals surface area contributed by atoms with Gasteiger partial charge in [0.2, 0.25) is 5.78 Å². The summed E-state index contributed by atoms with van der Waals surface area (Å²) in [5.74, 6) is -1.35. The predicted octanol–water partition coefficient (Wildman–Crippen LogP) is 4.11. The Morgan fingerprint density at radius 1 is 1.00 bits per heavy atom. The van der Waals surface area contributed by atoms with Crippen molar-refractivity contribution < 1.29 is 19.1 Å². The van der Waals surface area contributed by atoms with Gasteiger partial charge in [0, 0.05) is 29.1 Å². The third-order valence-electron chi connectivity index (χ3n) is 5.20. The first-order valence-corrected chi connectivity index (χ1v) is 10.3. The summed E-state index contributed by atoms with van der Waals surface area (Å²) in [5, 5.41) is 2.52. The molecule has 3 aromatic rings. The molecule has 0 aliphatic heterocycles. The Bertz CT molecular complexity index is 1130. The highest BCUT2D eigenvalue weighted by molar-refractivity contribution is 6.00. The number of amides is 1. The molecule has 164 valence electrons. The number of hydrogen-bond donors (Lipinski definition) is 1. The van der Waals surface area contributed by atoms with Crippen LogP contribution >= 0.6 is 0 Å². The normalized spacial score (nSPS) is 10.4. The topological polar surface area (TPSA) is 77.4 Å². The second-order valence-electron chi connectivity index (χ2n) is 7.39. The van der Waals surface area contributed by atoms with Crippen LogP contribution in [0.3, 0.4) is 0 Å². The van der Waals surface area contributed by atoms with Crippen molar-refractivity contribution in [3.8, 4) is 11.1 Å². The van der Waals surface area contributed by atoms with Gasteiger partial charge in [0.1, 0.15) is 6.54 Å². The van der Waals surface area contributed by atoms with E-state index in [1.54, 1.807) is 24.3 Å². The van der Waals surface area contributed by atoms with E-state index in [4.69, 9.17) is 4.74 Å². The maximum absolute atomic E-state index is 12.4. The Kier molecular flexibility index (Phi) is 7.39. The molecule has 2 aromatic carbocycles. The minimum atomic E-state index is -0.674. The predicted molar refractivity (Wildman–Crippen MR) is 124 cm³/mol. The molecule has 6 heteroatoms. The number of allylic oxidation sites excluding steroid dienone is 1. The lowest BCUT2D eigenvalue weighted by Gasteiger charge is -2.08. The quantitative estimate of drug-likeness (QED) is 0.315. The van der Waals surface area contributed by atoms with E-state index in [0.717, 1.165) is 22.5 Å². The maximum Gasteiger partial charge on any atom is 0.325 e. The van der Waals surface area contributed by atoms with Gasteiger partial charge in [0.15, 0.2) is 6.61 Å². The van der Waals surface area contributed by atoms with Gasteiger partial charge in [0.05, 0.1) is 0 Å². The van der Waals surface area contributed by atoms with Crippen molar-refractivity contribution >= 4 is 17.7 Å². The fraction of sp³-hybridized carbons (Fsp3) is 0.192. The van der Waals surface area contributed by atoms with E-state index in [-0.39, 0.29) is 24.8 Å². The summed E-state index contributed by atoms with van der Waals surface area (Å²) in [6.45, 7) is 7.37. The van der Waals surface area contributed by atoms with Crippen LogP contribution in [0.5, 0.6) is 0 Å². The van der Waals surface area contributed by atoms with Crippen molar-refractivity contribution in [3.05, 3.63) is 95.8 Å². The number of carbonyl (C=O) groups is 3. The zero-order valence-corrected chi connectivity index (χ0v) is 18.3. The third-order valence-corrected chi connectivity index (χ3v) is 5.20. The minimum Gasteiger partial charge on any atom is -0.456 e. The van der Waals surface area contributed by atoms with Gasteiger partial charge in [-0.05, 0) is 43.2 Å². The highest BCUT2D eigenvalue weighted by atomic mass is 16.5. The third kappa shape index (κ3) is 5.40. The molecule has 0 atom stereocenters. The largest absolute Gasteiger partial charge is 0.456 e. The zero-order chi connectivity index (χ0) is 23.1. The van der Waals surface area contributed by atoms with Gasteiger partial charge in [0.25, 0.3) is 5.91 Å². The van der Waals surface area contributed by atoms with Crippen LogP contribution in [-0.4, -0.2) is 35.4 Å². The number of benzene rings is 2. The lowest BCUT2D eigenvalue weighted by Crippen LogP contribution is -2.31. The number of aryl methyl sites for hydroxylation is 1. The van der Waals surface area contributed by atoms with Crippen molar-refractivity contribution in [1.29, 1.82) is 0 Å². The molecule has 0 spiro atoms. The average molecular weight is 431 g/mol. The van der Waals surface area contributed by atoms with Gasteiger partial charge in [-0.1, -0.05) is 48.5 Å². The number of ether oxygens (including phenoxy) is 1. The summed E-state index contributed by atoms with van der Waals surface area (Å²) in [7, 11) is 0. The molecule has 3 rings (SSSR count). The van der Waals surface area contributed by atoms with Crippen LogP contribution in [0.1, 0.15) is 32.1 Å². The van der Waals surface area contributed by atoms with Gasteiger partial charge in [-0.25, -0.2) is 0 Å². The molecule has 0 radical (unpaired) electrons. The Labute approximate surface area is 187 Å². The fourth-order valence-corrected chi connectivity index (χ4v) is 3.47. The minimum absolute atomic E-state index is 0.287. The summed E-state index contributed by atoms with van der Waals surface area (Å²) < 4.78 is 7.02. The van der Waals surface area contributed by atoms with Crippen molar-refractivity contribution in [2.75, 3.05) is 13.2 Å². The average Bonchev–Trinajstić information content (AvgIpc) is 3.10. The number of ketones is 1. The first kappa shape index (κ1) is 22.7. The number of aromatic nitrogens is 1. The summed E-state index contributed by atoms with van der Waals surface area (Å²) in [4.78, 5) is 36.8. The molecule has 0 saturated heterocycles. The second kappa shape index (κ2) is 10.4. The Morgan fingerprint density at radius 2 is 1.66 bits per heavy atom. The summed E-state index contributed by atoms with van der Waals surface area (Å²) >= 11 is 0. The van der Waals surface area contributed by atoms with Crippen LogP contribution in [0.25, 0.3) is 11.1 Å². The standard InChI is InChI=1S/C26H26N2O4/c1-4-14-28-18(2)15-23(19(28)3)24(29)17-32-25(30)16-27-26(31)22-12-10-21(11-13-22)20-8-6-5-7-9-20/h4-13,15H,1,14,16-17H2,2-3H3,(H,27,31). The summed E-state index contributed by atoms with van der Waals surface area (Å²) in [6, 6.07) is 18.7. The van der Waals surface area contributed by atoms with Crippen molar-refractivity contribution in [2.24, 2.45) is 0 Å². The van der Waals surface area contributed by atoms with Gasteiger partial charge in [-0.15, -0.1) is 6.58 Å². The molecule has 1 aromatic heterocycles. The molecule has 0 unspecified atom stereocenters. The maximum atomic E-state index is 12.4. The van der Waals surface area contributed by atoms with Gasteiger partial charge in [-0.3, -0.25) is 14.4 Å². The SMILES string of the molecule is C=CCn1c(C)cc(C(=O)COC(=O)CNC(=O)c2ccc(-c3ccccc3)cc2)c1C. The van der Waals surface area contributed by atoms with Crippen LogP contribution in [0.15, 0.2) is 73.3 Å². The Hall–Kier alpha value is -3.93. The molecule has 1 heterocycles. The van der Waals surface area contributed by atoms with E-state index in [1.165, 1.54) is 0 Å². The molecule has 0 aliphatic rings. The first-order chi connectivity index (χ1) is 15.4. The van der Waals surface area contributed by atoms with Crippen molar-refractivity contribution in [1.82, 2.24) is 9.88 Å². The van der Waals surface area contributed by atoms with E-state index in [0.29, 0.717) is 17.7 Å². The molecule has 0 saturated carbocycles. The number of nitrogens with one attached hydrogen (secondary N) is 1. The van der Waals surface area contributed by atoms with E-state index >= 15 is 0 Å². The highest BCUT2D eigenvalue weighted by Crippen LogP contribution is 2.19. The highest BCUT2D eigenvalue weighted by Gasteiger charge is 2.17. The lowest BCUT2D eigenvalue weighted by molar-refractivity contribution is -0.141. The van der Waals surface area contributed by atoms with E-state index in [2.05, 4.69) is 11.9 Å². The number of Topliss-reactive ketones (excluding diaryl/α,β-unsaturated/α-hetero) is 1. The van der Waals surface area contributed by atoms with Crippen LogP contribution in [0.2, 0.25) is 0 Å². The van der Waals surface area contributed by atoms with Crippen molar-refractivity contribution in [3.63, 3.8) is 0 Å². The molecular formula is C26H26N2O4. The Balaban J connectivity index is 1.49. The Morgan fingerprint density at radius 3 is 2.31 bits per heavy atom. The number of rotatable bonds is 9. The molecule has 0 fully saturated rings. The fourth-order valence-electron chi connectivity index (χ4n) is 3.47. The smallest absolute Gasteiger partial charge is 0.325 e. The molecule has 0 aliphatic carbocycles. The summed E-state index contributed by atoms with van der Waals surface area (Å²) in [6.07, 6.45) is 1.76. The van der Waals surface area contributed by atoms with Gasteiger partial charge < -0.3 is 14.6 Å². The molecule has 0 bridgehead atoms. The molecule has 1 amide bonds. The van der Waals surface area contributed by atoms with Crippen molar-refractivity contribution in [2.45, 2.75) is 20.4 Å². The van der Waals surface area contributed by atoms with E-state index in [9.17, 15) is 14.4 Å². The number of hydrogen-bond acceptors (Lipinski definition) is 4. The number of esters is 1. The molecule has 6 nitrogen and oxygen atoms in total. The van der Waals surface area contributed by atoms with Crippen LogP contribution in [0.4, 0.5) is 0 Å². The first-order valence-electron chi connectivity index (χ1n) is 10.3. The van der Waals surface area contributed by atoms with Gasteiger partial charge >= 0.3 is 5.97 Å². The van der Waals surface area contributed by atoms with E-state index < -0.39 is 5.97 Å².